The van der Waals surface area contributed by atoms with E-state index in [2.05, 4.69) is 28.1 Å². The molecule has 0 spiro atoms. The van der Waals surface area contributed by atoms with Crippen LogP contribution >= 0.6 is 15.9 Å². The second-order valence-corrected chi connectivity index (χ2v) is 6.79. The number of aliphatic hydroxyl groups is 2. The summed E-state index contributed by atoms with van der Waals surface area (Å²) < 4.78 is 0. The number of halogens is 1. The Morgan fingerprint density at radius 2 is 2.11 bits per heavy atom. The normalized spacial score (nSPS) is 34.5. The van der Waals surface area contributed by atoms with E-state index in [1.54, 1.807) is 0 Å². The van der Waals surface area contributed by atoms with Crippen LogP contribution in [0.5, 0.6) is 0 Å². The molecule has 0 heterocycles. The highest BCUT2D eigenvalue weighted by Crippen LogP contribution is 2.46. The molecule has 0 aromatic heterocycles. The van der Waals surface area contributed by atoms with Gasteiger partial charge in [0.15, 0.2) is 0 Å². The van der Waals surface area contributed by atoms with Crippen LogP contribution in [0.1, 0.15) is 40.5 Å². The fourth-order valence-electron chi connectivity index (χ4n) is 2.81. The van der Waals surface area contributed by atoms with Crippen LogP contribution < -0.4 is 0 Å². The lowest BCUT2D eigenvalue weighted by molar-refractivity contribution is -0.0294. The lowest BCUT2D eigenvalue weighted by Crippen LogP contribution is -2.39. The zero-order valence-corrected chi connectivity index (χ0v) is 13.4. The van der Waals surface area contributed by atoms with Crippen LogP contribution in [0.25, 0.3) is 0 Å². The minimum Gasteiger partial charge on any atom is -0.390 e. The van der Waals surface area contributed by atoms with Crippen LogP contribution in [-0.2, 0) is 0 Å². The zero-order valence-electron chi connectivity index (χ0n) is 11.8. The molecule has 0 bridgehead atoms. The third kappa shape index (κ3) is 3.94. The Hall–Kier alpha value is -0.120. The van der Waals surface area contributed by atoms with Crippen molar-refractivity contribution in [1.29, 1.82) is 0 Å². The maximum Gasteiger partial charge on any atom is 0.0686 e. The fraction of sp³-hybridized carbons (Fsp3) is 0.733. The Morgan fingerprint density at radius 1 is 1.50 bits per heavy atom. The molecule has 1 saturated carbocycles. The second-order valence-electron chi connectivity index (χ2n) is 6.14. The summed E-state index contributed by atoms with van der Waals surface area (Å²) in [4.78, 5) is 0. The predicted octanol–water partition coefficient (Wildman–Crippen LogP) is 3.43. The molecule has 3 unspecified atom stereocenters. The Kier molecular flexibility index (Phi) is 5.22. The molecule has 2 N–H and O–H groups in total. The average Bonchev–Trinajstić information content (AvgIpc) is 2.50. The first-order valence-electron chi connectivity index (χ1n) is 6.54. The maximum atomic E-state index is 10.4. The van der Waals surface area contributed by atoms with Crippen molar-refractivity contribution in [1.82, 2.24) is 0 Å². The van der Waals surface area contributed by atoms with Gasteiger partial charge in [0.05, 0.1) is 11.2 Å². The quantitative estimate of drug-likeness (QED) is 0.616. The lowest BCUT2D eigenvalue weighted by Gasteiger charge is -2.33. The van der Waals surface area contributed by atoms with Crippen LogP contribution in [0.4, 0.5) is 0 Å². The highest BCUT2D eigenvalue weighted by atomic mass is 79.9. The first kappa shape index (κ1) is 15.9. The smallest absolute Gasteiger partial charge is 0.0686 e. The standard InChI is InChI=1S/C15H25BrO2/c1-11(8-10-16)5-6-13-12(14(2,3)17)7-9-15(13,4)18/h5-6,8,12-13,17-18H,7,9-10H2,1-4H3/b6-5+,11-8+. The molecule has 104 valence electrons. The monoisotopic (exact) mass is 316 g/mol. The van der Waals surface area contributed by atoms with Gasteiger partial charge >= 0.3 is 0 Å². The first-order chi connectivity index (χ1) is 8.18. The van der Waals surface area contributed by atoms with Gasteiger partial charge in [0.1, 0.15) is 0 Å². The third-order valence-electron chi connectivity index (χ3n) is 3.99. The van der Waals surface area contributed by atoms with Crippen molar-refractivity contribution in [3.05, 3.63) is 23.8 Å². The molecular weight excluding hydrogens is 292 g/mol. The predicted molar refractivity (Wildman–Crippen MR) is 79.8 cm³/mol. The molecule has 0 saturated heterocycles. The van der Waals surface area contributed by atoms with Gasteiger partial charge in [-0.25, -0.2) is 0 Å². The number of alkyl halides is 1. The van der Waals surface area contributed by atoms with Crippen molar-refractivity contribution in [3.8, 4) is 0 Å². The largest absolute Gasteiger partial charge is 0.390 e. The molecule has 1 aliphatic carbocycles. The van der Waals surface area contributed by atoms with Crippen molar-refractivity contribution in [2.45, 2.75) is 51.7 Å². The van der Waals surface area contributed by atoms with Crippen LogP contribution in [0.15, 0.2) is 23.8 Å². The lowest BCUT2D eigenvalue weighted by atomic mass is 9.78. The van der Waals surface area contributed by atoms with Gasteiger partial charge in [0.25, 0.3) is 0 Å². The van der Waals surface area contributed by atoms with Crippen LogP contribution in [-0.4, -0.2) is 26.7 Å². The summed E-state index contributed by atoms with van der Waals surface area (Å²) >= 11 is 3.37. The van der Waals surface area contributed by atoms with Crippen LogP contribution in [0.3, 0.4) is 0 Å². The summed E-state index contributed by atoms with van der Waals surface area (Å²) in [6.07, 6.45) is 7.80. The second kappa shape index (κ2) is 5.89. The van der Waals surface area contributed by atoms with Gasteiger partial charge in [-0.05, 0) is 46.5 Å². The Balaban J connectivity index is 2.90. The molecule has 0 aromatic carbocycles. The van der Waals surface area contributed by atoms with Crippen LogP contribution in [0, 0.1) is 11.8 Å². The van der Waals surface area contributed by atoms with Crippen LogP contribution in [0.2, 0.25) is 0 Å². The fourth-order valence-corrected chi connectivity index (χ4v) is 3.32. The Bertz CT molecular complexity index is 337. The summed E-state index contributed by atoms with van der Waals surface area (Å²) in [6, 6.07) is 0. The summed E-state index contributed by atoms with van der Waals surface area (Å²) in [5.41, 5.74) is -0.289. The van der Waals surface area contributed by atoms with E-state index in [0.717, 1.165) is 18.2 Å². The van der Waals surface area contributed by atoms with Crippen molar-refractivity contribution < 1.29 is 10.2 Å². The van der Waals surface area contributed by atoms with Crippen molar-refractivity contribution in [2.24, 2.45) is 11.8 Å². The number of hydrogen-bond acceptors (Lipinski definition) is 2. The molecule has 2 nitrogen and oxygen atoms in total. The summed E-state index contributed by atoms with van der Waals surface area (Å²) in [7, 11) is 0. The zero-order chi connectivity index (χ0) is 14.0. The highest BCUT2D eigenvalue weighted by molar-refractivity contribution is 9.09. The van der Waals surface area contributed by atoms with E-state index in [4.69, 9.17) is 0 Å². The highest BCUT2D eigenvalue weighted by Gasteiger charge is 2.47. The van der Waals surface area contributed by atoms with Gasteiger partial charge in [0, 0.05) is 11.2 Å². The van der Waals surface area contributed by atoms with E-state index in [9.17, 15) is 10.2 Å². The minimum absolute atomic E-state index is 0.0103. The molecule has 1 aliphatic rings. The number of rotatable bonds is 4. The summed E-state index contributed by atoms with van der Waals surface area (Å²) in [5.74, 6) is 0.122. The van der Waals surface area contributed by atoms with Gasteiger partial charge in [-0.3, -0.25) is 0 Å². The Labute approximate surface area is 119 Å². The summed E-state index contributed by atoms with van der Waals surface area (Å²) in [5, 5.41) is 21.5. The third-order valence-corrected chi connectivity index (χ3v) is 4.31. The van der Waals surface area contributed by atoms with E-state index < -0.39 is 11.2 Å². The SMILES string of the molecule is CC(/C=C/C1C(C(C)(C)O)CCC1(C)O)=C\CBr. The van der Waals surface area contributed by atoms with E-state index in [-0.39, 0.29) is 11.8 Å². The molecular formula is C15H25BrO2. The van der Waals surface area contributed by atoms with E-state index in [1.165, 1.54) is 5.57 Å². The molecule has 1 fully saturated rings. The van der Waals surface area contributed by atoms with Crippen molar-refractivity contribution >= 4 is 15.9 Å². The molecule has 0 radical (unpaired) electrons. The average molecular weight is 317 g/mol. The Morgan fingerprint density at radius 3 is 2.61 bits per heavy atom. The first-order valence-corrected chi connectivity index (χ1v) is 7.66. The van der Waals surface area contributed by atoms with Gasteiger partial charge in [-0.1, -0.05) is 39.7 Å². The molecule has 1 rings (SSSR count). The van der Waals surface area contributed by atoms with Crippen molar-refractivity contribution in [2.75, 3.05) is 5.33 Å². The topological polar surface area (TPSA) is 40.5 Å². The number of allylic oxidation sites excluding steroid dienone is 3. The van der Waals surface area contributed by atoms with Gasteiger partial charge in [-0.2, -0.15) is 0 Å². The van der Waals surface area contributed by atoms with Gasteiger partial charge in [-0.15, -0.1) is 0 Å². The maximum absolute atomic E-state index is 10.4. The van der Waals surface area contributed by atoms with E-state index >= 15 is 0 Å². The molecule has 0 aliphatic heterocycles. The van der Waals surface area contributed by atoms with E-state index in [0.29, 0.717) is 0 Å². The molecule has 18 heavy (non-hydrogen) atoms. The van der Waals surface area contributed by atoms with Crippen molar-refractivity contribution in [3.63, 3.8) is 0 Å². The van der Waals surface area contributed by atoms with Gasteiger partial charge in [0.2, 0.25) is 0 Å². The summed E-state index contributed by atoms with van der Waals surface area (Å²) in [6.45, 7) is 7.58. The van der Waals surface area contributed by atoms with E-state index in [1.807, 2.05) is 33.8 Å². The molecule has 0 aromatic rings. The van der Waals surface area contributed by atoms with Gasteiger partial charge < -0.3 is 10.2 Å². The minimum atomic E-state index is -0.747. The molecule has 3 atom stereocenters. The molecule has 0 amide bonds. The number of hydrogen-bond donors (Lipinski definition) is 2. The molecule has 3 heteroatoms.